The van der Waals surface area contributed by atoms with Gasteiger partial charge in [0, 0.05) is 38.3 Å². The van der Waals surface area contributed by atoms with Gasteiger partial charge in [-0.25, -0.2) is 4.98 Å². The highest BCUT2D eigenvalue weighted by atomic mass is 32.1. The van der Waals surface area contributed by atoms with Gasteiger partial charge in [0.25, 0.3) is 5.91 Å². The minimum atomic E-state index is -0.361. The number of piperazine rings is 1. The molecule has 0 spiro atoms. The number of ether oxygens (including phenoxy) is 1. The van der Waals surface area contributed by atoms with E-state index in [0.717, 1.165) is 28.3 Å². The smallest absolute Gasteiger partial charge is 0.306 e. The number of anilines is 1. The number of aromatic nitrogens is 1. The number of amides is 1. The van der Waals surface area contributed by atoms with Gasteiger partial charge in [0.1, 0.15) is 0 Å². The zero-order chi connectivity index (χ0) is 20.1. The average Bonchev–Trinajstić information content (AvgIpc) is 3.20. The highest BCUT2D eigenvalue weighted by Gasteiger charge is 2.22. The van der Waals surface area contributed by atoms with Gasteiger partial charge in [-0.2, -0.15) is 0 Å². The van der Waals surface area contributed by atoms with Crippen LogP contribution in [0.3, 0.4) is 0 Å². The standard InChI is InChI=1S/C22H23N3O3S/c26-21(25-14-12-24(13-15-25)17-6-2-1-3-7-17)16-28-22(27)11-10-20-23-18-8-4-5-9-19(18)29-20/h1-9H,10-16H2. The summed E-state index contributed by atoms with van der Waals surface area (Å²) < 4.78 is 6.31. The van der Waals surface area contributed by atoms with Crippen molar-refractivity contribution < 1.29 is 14.3 Å². The lowest BCUT2D eigenvalue weighted by Gasteiger charge is -2.36. The molecule has 0 atom stereocenters. The van der Waals surface area contributed by atoms with Crippen molar-refractivity contribution >= 4 is 39.1 Å². The summed E-state index contributed by atoms with van der Waals surface area (Å²) in [6, 6.07) is 18.1. The first-order valence-electron chi connectivity index (χ1n) is 9.77. The third-order valence-corrected chi connectivity index (χ3v) is 6.09. The molecule has 6 nitrogen and oxygen atoms in total. The monoisotopic (exact) mass is 409 g/mol. The van der Waals surface area contributed by atoms with Crippen LogP contribution in [0.1, 0.15) is 11.4 Å². The zero-order valence-electron chi connectivity index (χ0n) is 16.1. The van der Waals surface area contributed by atoms with Crippen molar-refractivity contribution in [3.63, 3.8) is 0 Å². The number of carbonyl (C=O) groups excluding carboxylic acids is 2. The van der Waals surface area contributed by atoms with E-state index < -0.39 is 0 Å². The van der Waals surface area contributed by atoms with Gasteiger partial charge in [-0.15, -0.1) is 11.3 Å². The minimum absolute atomic E-state index is 0.133. The molecule has 1 aliphatic heterocycles. The number of benzene rings is 2. The molecule has 0 saturated carbocycles. The Morgan fingerprint density at radius 3 is 2.45 bits per heavy atom. The summed E-state index contributed by atoms with van der Waals surface area (Å²) in [7, 11) is 0. The van der Waals surface area contributed by atoms with Crippen LogP contribution >= 0.6 is 11.3 Å². The molecule has 7 heteroatoms. The van der Waals surface area contributed by atoms with E-state index in [0.29, 0.717) is 19.5 Å². The van der Waals surface area contributed by atoms with Crippen LogP contribution in [0.4, 0.5) is 5.69 Å². The Labute approximate surface area is 173 Å². The minimum Gasteiger partial charge on any atom is -0.456 e. The molecule has 0 N–H and O–H groups in total. The van der Waals surface area contributed by atoms with Crippen molar-refractivity contribution in [2.75, 3.05) is 37.7 Å². The third-order valence-electron chi connectivity index (χ3n) is 4.99. The van der Waals surface area contributed by atoms with Crippen molar-refractivity contribution in [1.82, 2.24) is 9.88 Å². The van der Waals surface area contributed by atoms with Gasteiger partial charge in [0.05, 0.1) is 21.6 Å². The quantitative estimate of drug-likeness (QED) is 0.586. The molecule has 4 rings (SSSR count). The van der Waals surface area contributed by atoms with E-state index in [4.69, 9.17) is 4.74 Å². The molecule has 0 aliphatic carbocycles. The fraction of sp³-hybridized carbons (Fsp3) is 0.318. The molecule has 150 valence electrons. The molecular weight excluding hydrogens is 386 g/mol. The number of rotatable bonds is 6. The van der Waals surface area contributed by atoms with E-state index in [1.165, 1.54) is 5.69 Å². The van der Waals surface area contributed by atoms with E-state index in [1.807, 2.05) is 42.5 Å². The van der Waals surface area contributed by atoms with Crippen LogP contribution in [-0.4, -0.2) is 54.5 Å². The Bertz CT molecular complexity index is 948. The molecule has 1 aliphatic rings. The van der Waals surface area contributed by atoms with Crippen LogP contribution in [0.25, 0.3) is 10.2 Å². The predicted molar refractivity (Wildman–Crippen MR) is 114 cm³/mol. The van der Waals surface area contributed by atoms with Gasteiger partial charge in [-0.05, 0) is 24.3 Å². The van der Waals surface area contributed by atoms with Crippen LogP contribution in [0.2, 0.25) is 0 Å². The second-order valence-electron chi connectivity index (χ2n) is 6.94. The number of esters is 1. The molecule has 0 bridgehead atoms. The number of carbonyl (C=O) groups is 2. The van der Waals surface area contributed by atoms with E-state index in [-0.39, 0.29) is 24.9 Å². The van der Waals surface area contributed by atoms with Crippen molar-refractivity contribution in [1.29, 1.82) is 0 Å². The summed E-state index contributed by atoms with van der Waals surface area (Å²) >= 11 is 1.59. The molecule has 29 heavy (non-hydrogen) atoms. The lowest BCUT2D eigenvalue weighted by molar-refractivity contribution is -0.152. The maximum absolute atomic E-state index is 12.4. The van der Waals surface area contributed by atoms with Gasteiger partial charge in [0.15, 0.2) is 6.61 Å². The maximum atomic E-state index is 12.4. The lowest BCUT2D eigenvalue weighted by atomic mass is 10.2. The van der Waals surface area contributed by atoms with Crippen molar-refractivity contribution in [3.05, 3.63) is 59.6 Å². The molecule has 3 aromatic rings. The number of hydrogen-bond acceptors (Lipinski definition) is 6. The van der Waals surface area contributed by atoms with Crippen molar-refractivity contribution in [2.24, 2.45) is 0 Å². The van der Waals surface area contributed by atoms with Gasteiger partial charge in [-0.3, -0.25) is 9.59 Å². The van der Waals surface area contributed by atoms with Crippen molar-refractivity contribution in [2.45, 2.75) is 12.8 Å². The number of para-hydroxylation sites is 2. The second kappa shape index (κ2) is 9.05. The molecular formula is C22H23N3O3S. The second-order valence-corrected chi connectivity index (χ2v) is 8.05. The average molecular weight is 410 g/mol. The van der Waals surface area contributed by atoms with Gasteiger partial charge in [-0.1, -0.05) is 30.3 Å². The summed E-state index contributed by atoms with van der Waals surface area (Å²) in [5.41, 5.74) is 2.12. The van der Waals surface area contributed by atoms with Gasteiger partial charge < -0.3 is 14.5 Å². The Balaban J connectivity index is 1.19. The van der Waals surface area contributed by atoms with Crippen molar-refractivity contribution in [3.8, 4) is 0 Å². The molecule has 1 aromatic heterocycles. The Morgan fingerprint density at radius 1 is 0.966 bits per heavy atom. The lowest BCUT2D eigenvalue weighted by Crippen LogP contribution is -2.49. The number of thiazole rings is 1. The summed E-state index contributed by atoms with van der Waals surface area (Å²) in [6.07, 6.45) is 0.761. The summed E-state index contributed by atoms with van der Waals surface area (Å²) in [4.78, 5) is 32.9. The van der Waals surface area contributed by atoms with Gasteiger partial charge >= 0.3 is 5.97 Å². The Morgan fingerprint density at radius 2 is 1.69 bits per heavy atom. The summed E-state index contributed by atoms with van der Waals surface area (Å²) in [5.74, 6) is -0.494. The van der Waals surface area contributed by atoms with Crippen LogP contribution in [0.15, 0.2) is 54.6 Å². The van der Waals surface area contributed by atoms with E-state index in [2.05, 4.69) is 22.0 Å². The molecule has 0 unspecified atom stereocenters. The van der Waals surface area contributed by atoms with Crippen LogP contribution in [-0.2, 0) is 20.7 Å². The van der Waals surface area contributed by atoms with Crippen LogP contribution in [0.5, 0.6) is 0 Å². The Kier molecular flexibility index (Phi) is 6.05. The predicted octanol–water partition coefficient (Wildman–Crippen LogP) is 3.12. The first-order chi connectivity index (χ1) is 14.2. The number of hydrogen-bond donors (Lipinski definition) is 0. The maximum Gasteiger partial charge on any atom is 0.306 e. The number of fused-ring (bicyclic) bond motifs is 1. The highest BCUT2D eigenvalue weighted by Crippen LogP contribution is 2.22. The molecule has 1 saturated heterocycles. The Hall–Kier alpha value is -2.93. The normalized spacial score (nSPS) is 14.2. The van der Waals surface area contributed by atoms with E-state index in [1.54, 1.807) is 16.2 Å². The van der Waals surface area contributed by atoms with Gasteiger partial charge in [0.2, 0.25) is 0 Å². The fourth-order valence-electron chi connectivity index (χ4n) is 3.39. The van der Waals surface area contributed by atoms with E-state index >= 15 is 0 Å². The third kappa shape index (κ3) is 4.92. The molecule has 2 aromatic carbocycles. The van der Waals surface area contributed by atoms with Crippen LogP contribution < -0.4 is 4.90 Å². The molecule has 0 radical (unpaired) electrons. The zero-order valence-corrected chi connectivity index (χ0v) is 16.9. The number of aryl methyl sites for hydroxylation is 1. The summed E-state index contributed by atoms with van der Waals surface area (Å²) in [6.45, 7) is 2.64. The molecule has 1 fully saturated rings. The topological polar surface area (TPSA) is 62.7 Å². The molecule has 2 heterocycles. The largest absolute Gasteiger partial charge is 0.456 e. The first kappa shape index (κ1) is 19.4. The first-order valence-corrected chi connectivity index (χ1v) is 10.6. The van der Waals surface area contributed by atoms with E-state index in [9.17, 15) is 9.59 Å². The highest BCUT2D eigenvalue weighted by molar-refractivity contribution is 7.18. The fourth-order valence-corrected chi connectivity index (χ4v) is 4.36. The summed E-state index contributed by atoms with van der Waals surface area (Å²) in [5, 5.41) is 0.909. The number of nitrogens with zero attached hydrogens (tertiary/aromatic N) is 3. The van der Waals surface area contributed by atoms with Crippen LogP contribution in [0, 0.1) is 0 Å². The SMILES string of the molecule is O=C(CCc1nc2ccccc2s1)OCC(=O)N1CCN(c2ccccc2)CC1. The molecule has 1 amide bonds.